The summed E-state index contributed by atoms with van der Waals surface area (Å²) in [6.07, 6.45) is 5.60. The van der Waals surface area contributed by atoms with Crippen LogP contribution in [-0.2, 0) is 14.4 Å². The molecule has 2 amide bonds. The normalized spacial score (nSPS) is 14.8. The summed E-state index contributed by atoms with van der Waals surface area (Å²) in [4.78, 5) is 33.0. The molecule has 6 heteroatoms. The van der Waals surface area contributed by atoms with Crippen LogP contribution in [-0.4, -0.2) is 34.5 Å². The second kappa shape index (κ2) is 6.64. The smallest absolute Gasteiger partial charge is 0.342 e. The summed E-state index contributed by atoms with van der Waals surface area (Å²) in [6, 6.07) is -0.219. The molecule has 0 aromatic heterocycles. The molecule has 2 atom stereocenters. The van der Waals surface area contributed by atoms with Crippen LogP contribution in [0, 0.1) is 12.3 Å². The predicted molar refractivity (Wildman–Crippen MR) is 65.5 cm³/mol. The quantitative estimate of drug-likeness (QED) is 0.576. The van der Waals surface area contributed by atoms with E-state index in [1.54, 1.807) is 6.92 Å². The Hall–Kier alpha value is -2.03. The molecule has 100 valence electrons. The van der Waals surface area contributed by atoms with Crippen LogP contribution in [0.25, 0.3) is 0 Å². The summed E-state index contributed by atoms with van der Waals surface area (Å²) in [7, 11) is 0. The molecule has 0 aromatic rings. The van der Waals surface area contributed by atoms with Crippen LogP contribution < -0.4 is 10.6 Å². The third-order valence-electron chi connectivity index (χ3n) is 2.40. The molecular weight excluding hydrogens is 236 g/mol. The fourth-order valence-corrected chi connectivity index (χ4v) is 1.55. The number of hydrogen-bond acceptors (Lipinski definition) is 3. The number of hydrogen-bond donors (Lipinski definition) is 3. The molecule has 3 N–H and O–H groups in total. The van der Waals surface area contributed by atoms with Crippen LogP contribution >= 0.6 is 0 Å². The molecule has 2 unspecified atom stereocenters. The van der Waals surface area contributed by atoms with E-state index in [0.717, 1.165) is 0 Å². The molecule has 0 fully saturated rings. The van der Waals surface area contributed by atoms with E-state index in [4.69, 9.17) is 11.5 Å². The van der Waals surface area contributed by atoms with E-state index >= 15 is 0 Å². The van der Waals surface area contributed by atoms with Gasteiger partial charge in [-0.2, -0.15) is 0 Å². The molecule has 0 aliphatic rings. The van der Waals surface area contributed by atoms with Crippen molar-refractivity contribution in [1.82, 2.24) is 10.6 Å². The minimum Gasteiger partial charge on any atom is -0.479 e. The lowest BCUT2D eigenvalue weighted by atomic mass is 9.92. The minimum atomic E-state index is -1.72. The number of terminal acetylenes is 1. The monoisotopic (exact) mass is 254 g/mol. The van der Waals surface area contributed by atoms with Crippen molar-refractivity contribution >= 4 is 17.8 Å². The molecule has 0 heterocycles. The van der Waals surface area contributed by atoms with Crippen molar-refractivity contribution < 1.29 is 19.5 Å². The summed E-state index contributed by atoms with van der Waals surface area (Å²) >= 11 is 0. The fourth-order valence-electron chi connectivity index (χ4n) is 1.55. The van der Waals surface area contributed by atoms with Gasteiger partial charge >= 0.3 is 5.97 Å². The molecule has 6 nitrogen and oxygen atoms in total. The second-order valence-electron chi connectivity index (χ2n) is 4.18. The Balaban J connectivity index is 4.71. The van der Waals surface area contributed by atoms with Crippen molar-refractivity contribution in [3.05, 3.63) is 0 Å². The number of carboxylic acids is 1. The maximum atomic E-state index is 11.2. The number of rotatable bonds is 6. The first-order valence-electron chi connectivity index (χ1n) is 5.50. The highest BCUT2D eigenvalue weighted by atomic mass is 16.4. The van der Waals surface area contributed by atoms with Crippen molar-refractivity contribution in [3.63, 3.8) is 0 Å². The second-order valence-corrected chi connectivity index (χ2v) is 4.18. The Kier molecular flexibility index (Phi) is 5.89. The summed E-state index contributed by atoms with van der Waals surface area (Å²) in [6.45, 7) is 4.31. The van der Waals surface area contributed by atoms with Crippen LogP contribution in [0.2, 0.25) is 0 Å². The first kappa shape index (κ1) is 16.0. The molecule has 0 saturated heterocycles. The van der Waals surface area contributed by atoms with E-state index in [0.29, 0.717) is 6.42 Å². The fraction of sp³-hybridized carbons (Fsp3) is 0.583. The lowest BCUT2D eigenvalue weighted by molar-refractivity contribution is -0.145. The highest BCUT2D eigenvalue weighted by Gasteiger charge is 2.37. The van der Waals surface area contributed by atoms with Crippen LogP contribution in [0.4, 0.5) is 0 Å². The average molecular weight is 254 g/mol. The Morgan fingerprint density at radius 1 is 1.33 bits per heavy atom. The third-order valence-corrected chi connectivity index (χ3v) is 2.40. The number of carboxylic acid groups (broad SMARTS) is 1. The predicted octanol–water partition coefficient (Wildman–Crippen LogP) is -0.116. The SMILES string of the molecule is C#CC(CCC(C)NC(C)=O)(NC(C)=O)C(=O)O. The molecule has 0 rings (SSSR count). The molecule has 0 aliphatic carbocycles. The van der Waals surface area contributed by atoms with Crippen molar-refractivity contribution in [2.24, 2.45) is 0 Å². The summed E-state index contributed by atoms with van der Waals surface area (Å²) in [5.41, 5.74) is -1.72. The van der Waals surface area contributed by atoms with E-state index in [1.807, 2.05) is 0 Å². The lowest BCUT2D eigenvalue weighted by Gasteiger charge is -2.26. The van der Waals surface area contributed by atoms with Gasteiger partial charge in [0.15, 0.2) is 5.54 Å². The van der Waals surface area contributed by atoms with Crippen LogP contribution in [0.1, 0.15) is 33.6 Å². The maximum absolute atomic E-state index is 11.2. The molecular formula is C12H18N2O4. The van der Waals surface area contributed by atoms with E-state index in [9.17, 15) is 14.4 Å². The van der Waals surface area contributed by atoms with E-state index in [2.05, 4.69) is 16.6 Å². The van der Waals surface area contributed by atoms with Gasteiger partial charge in [0.05, 0.1) is 0 Å². The van der Waals surface area contributed by atoms with E-state index in [1.165, 1.54) is 13.8 Å². The number of carbonyl (C=O) groups excluding carboxylic acids is 2. The molecule has 0 aliphatic heterocycles. The first-order valence-corrected chi connectivity index (χ1v) is 5.50. The minimum absolute atomic E-state index is 0.0415. The maximum Gasteiger partial charge on any atom is 0.342 e. The zero-order valence-electron chi connectivity index (χ0n) is 10.7. The van der Waals surface area contributed by atoms with Crippen LogP contribution in [0.15, 0.2) is 0 Å². The standard InChI is InChI=1S/C12H18N2O4/c1-5-12(11(17)18,14-10(4)16)7-6-8(2)13-9(3)15/h1,8H,6-7H2,2-4H3,(H,13,15)(H,14,16)(H,17,18). The Bertz CT molecular complexity index is 386. The van der Waals surface area contributed by atoms with Gasteiger partial charge in [-0.05, 0) is 19.8 Å². The van der Waals surface area contributed by atoms with Gasteiger partial charge in [-0.1, -0.05) is 5.92 Å². The van der Waals surface area contributed by atoms with E-state index in [-0.39, 0.29) is 18.4 Å². The molecule has 0 spiro atoms. The molecule has 0 aromatic carbocycles. The van der Waals surface area contributed by atoms with Crippen LogP contribution in [0.5, 0.6) is 0 Å². The summed E-state index contributed by atoms with van der Waals surface area (Å²) in [5.74, 6) is 0.112. The average Bonchev–Trinajstić information content (AvgIpc) is 2.22. The van der Waals surface area contributed by atoms with Crippen molar-refractivity contribution in [3.8, 4) is 12.3 Å². The molecule has 18 heavy (non-hydrogen) atoms. The Labute approximate surface area is 106 Å². The number of aliphatic carboxylic acids is 1. The van der Waals surface area contributed by atoms with Gasteiger partial charge < -0.3 is 15.7 Å². The van der Waals surface area contributed by atoms with Gasteiger partial charge in [0, 0.05) is 19.9 Å². The highest BCUT2D eigenvalue weighted by molar-refractivity contribution is 5.89. The largest absolute Gasteiger partial charge is 0.479 e. The van der Waals surface area contributed by atoms with Gasteiger partial charge in [0.2, 0.25) is 11.8 Å². The lowest BCUT2D eigenvalue weighted by Crippen LogP contribution is -2.53. The van der Waals surface area contributed by atoms with Gasteiger partial charge in [0.25, 0.3) is 0 Å². The molecule has 0 radical (unpaired) electrons. The summed E-state index contributed by atoms with van der Waals surface area (Å²) in [5, 5.41) is 14.0. The Morgan fingerprint density at radius 2 is 1.89 bits per heavy atom. The number of carbonyl (C=O) groups is 3. The Morgan fingerprint density at radius 3 is 2.22 bits per heavy atom. The van der Waals surface area contributed by atoms with Crippen LogP contribution in [0.3, 0.4) is 0 Å². The third kappa shape index (κ3) is 4.87. The van der Waals surface area contributed by atoms with Gasteiger partial charge in [0.1, 0.15) is 0 Å². The van der Waals surface area contributed by atoms with Crippen molar-refractivity contribution in [2.45, 2.75) is 45.2 Å². The zero-order chi connectivity index (χ0) is 14.3. The van der Waals surface area contributed by atoms with E-state index < -0.39 is 17.4 Å². The zero-order valence-corrected chi connectivity index (χ0v) is 10.7. The molecule has 0 bridgehead atoms. The van der Waals surface area contributed by atoms with Gasteiger partial charge in [-0.3, -0.25) is 9.59 Å². The topological polar surface area (TPSA) is 95.5 Å². The van der Waals surface area contributed by atoms with Crippen molar-refractivity contribution in [2.75, 3.05) is 0 Å². The van der Waals surface area contributed by atoms with Gasteiger partial charge in [-0.15, -0.1) is 6.42 Å². The van der Waals surface area contributed by atoms with Crippen molar-refractivity contribution in [1.29, 1.82) is 0 Å². The molecule has 0 saturated carbocycles. The number of nitrogens with one attached hydrogen (secondary N) is 2. The first-order chi connectivity index (χ1) is 8.23. The number of amides is 2. The summed E-state index contributed by atoms with van der Waals surface area (Å²) < 4.78 is 0. The highest BCUT2D eigenvalue weighted by Crippen LogP contribution is 2.14. The van der Waals surface area contributed by atoms with Gasteiger partial charge in [-0.25, -0.2) is 4.79 Å².